The third-order valence-corrected chi connectivity index (χ3v) is 19.0. The molecule has 1 aliphatic heterocycles. The molecule has 13 aromatic carbocycles. The van der Waals surface area contributed by atoms with Crippen LogP contribution < -0.4 is 4.90 Å². The molecule has 3 heteroatoms. The molecule has 4 aliphatic rings. The van der Waals surface area contributed by atoms with Crippen molar-refractivity contribution in [1.29, 1.82) is 0 Å². The number of hydrogen-bond acceptors (Lipinski definition) is 2. The van der Waals surface area contributed by atoms with Gasteiger partial charge in [0.05, 0.1) is 33.2 Å². The number of fused-ring (bicyclic) bond motifs is 27. The smallest absolute Gasteiger partial charge is 0.135 e. The minimum absolute atomic E-state index is 0.554. The lowest BCUT2D eigenvalue weighted by molar-refractivity contribution is 0.669. The minimum atomic E-state index is -0.614. The zero-order chi connectivity index (χ0) is 52.7. The van der Waals surface area contributed by atoms with E-state index in [0.29, 0.717) is 0 Å². The maximum Gasteiger partial charge on any atom is 0.135 e. The summed E-state index contributed by atoms with van der Waals surface area (Å²) in [4.78, 5) is 2.57. The molecule has 0 radical (unpaired) electrons. The molecule has 3 heterocycles. The minimum Gasteiger partial charge on any atom is -0.456 e. The average Bonchev–Trinajstić information content (AvgIpc) is 2.16. The van der Waals surface area contributed by atoms with Crippen LogP contribution >= 0.6 is 0 Å². The summed E-state index contributed by atoms with van der Waals surface area (Å²) in [5.74, 6) is 0. The van der Waals surface area contributed by atoms with Crippen LogP contribution in [0, 0.1) is 0 Å². The number of furan rings is 1. The van der Waals surface area contributed by atoms with E-state index in [1.807, 2.05) is 6.07 Å². The molecule has 19 rings (SSSR count). The van der Waals surface area contributed by atoms with Crippen molar-refractivity contribution in [3.63, 3.8) is 0 Å². The standard InChI is InChI=1S/C78H46N2O/c1-2-18-52-48(17-1)37-43-66-74(52)58-22-4-9-26-62(58)77(66)61-25-8-3-19-53(61)54-42-41-51(46-68(54)77)79(50-39-35-47(36-40-50)49-38-44-73-60(45-49)56-21-7-14-34-72(56)81-73)71-33-16-29-65-75(71)59-23-5-10-27-63(59)78(65)64-28-11-13-32-70(64)80-69-31-12-6-20-55(69)57-24-15-30-67(78)76(57)80/h1-46H. The Labute approximate surface area is 467 Å². The van der Waals surface area contributed by atoms with Crippen molar-refractivity contribution in [1.82, 2.24) is 4.57 Å². The molecule has 0 fully saturated rings. The van der Waals surface area contributed by atoms with E-state index in [1.54, 1.807) is 0 Å². The Morgan fingerprint density at radius 2 is 0.877 bits per heavy atom. The molecule has 3 nitrogen and oxygen atoms in total. The highest BCUT2D eigenvalue weighted by atomic mass is 16.3. The second-order valence-electron chi connectivity index (χ2n) is 22.5. The van der Waals surface area contributed by atoms with E-state index in [1.165, 1.54) is 116 Å². The van der Waals surface area contributed by atoms with Gasteiger partial charge in [-0.05, 0) is 155 Å². The van der Waals surface area contributed by atoms with E-state index >= 15 is 0 Å². The van der Waals surface area contributed by atoms with Gasteiger partial charge in [0, 0.05) is 38.5 Å². The molecule has 15 aromatic rings. The maximum absolute atomic E-state index is 6.30. The first-order valence-electron chi connectivity index (χ1n) is 28.2. The van der Waals surface area contributed by atoms with Crippen LogP contribution in [-0.2, 0) is 10.8 Å². The Bertz CT molecular complexity index is 5270. The molecule has 0 saturated carbocycles. The van der Waals surface area contributed by atoms with Crippen LogP contribution in [0.15, 0.2) is 283 Å². The molecule has 0 N–H and O–H groups in total. The largest absolute Gasteiger partial charge is 0.456 e. The fourth-order valence-corrected chi connectivity index (χ4v) is 15.9. The summed E-state index contributed by atoms with van der Waals surface area (Å²) in [5.41, 5.74) is 28.1. The third-order valence-electron chi connectivity index (χ3n) is 19.0. The number of aromatic nitrogens is 1. The third kappa shape index (κ3) is 5.34. The number of hydrogen-bond donors (Lipinski definition) is 0. The van der Waals surface area contributed by atoms with Gasteiger partial charge in [-0.15, -0.1) is 0 Å². The summed E-state index contributed by atoms with van der Waals surface area (Å²) in [6.07, 6.45) is 0. The van der Waals surface area contributed by atoms with Gasteiger partial charge in [-0.2, -0.15) is 0 Å². The van der Waals surface area contributed by atoms with Crippen LogP contribution in [0.4, 0.5) is 17.1 Å². The van der Waals surface area contributed by atoms with Crippen molar-refractivity contribution in [3.05, 3.63) is 324 Å². The van der Waals surface area contributed by atoms with Gasteiger partial charge < -0.3 is 13.9 Å². The van der Waals surface area contributed by atoms with Gasteiger partial charge in [0.2, 0.25) is 0 Å². The van der Waals surface area contributed by atoms with Crippen LogP contribution in [0.25, 0.3) is 105 Å². The van der Waals surface area contributed by atoms with Gasteiger partial charge in [0.15, 0.2) is 0 Å². The first-order chi connectivity index (χ1) is 40.2. The van der Waals surface area contributed by atoms with Crippen molar-refractivity contribution in [2.24, 2.45) is 0 Å². The highest BCUT2D eigenvalue weighted by molar-refractivity contribution is 6.14. The van der Waals surface area contributed by atoms with Crippen LogP contribution in [0.5, 0.6) is 0 Å². The summed E-state index contributed by atoms with van der Waals surface area (Å²) < 4.78 is 8.83. The van der Waals surface area contributed by atoms with E-state index in [2.05, 4.69) is 282 Å². The molecule has 3 aliphatic carbocycles. The zero-order valence-electron chi connectivity index (χ0n) is 43.9. The lowest BCUT2D eigenvalue weighted by Gasteiger charge is -2.39. The molecule has 2 spiro atoms. The predicted octanol–water partition coefficient (Wildman–Crippen LogP) is 20.0. The first kappa shape index (κ1) is 43.5. The molecule has 81 heavy (non-hydrogen) atoms. The summed E-state index contributed by atoms with van der Waals surface area (Å²) in [6, 6.07) is 105. The zero-order valence-corrected chi connectivity index (χ0v) is 43.9. The van der Waals surface area contributed by atoms with E-state index in [9.17, 15) is 0 Å². The summed E-state index contributed by atoms with van der Waals surface area (Å²) >= 11 is 0. The molecule has 2 unspecified atom stereocenters. The van der Waals surface area contributed by atoms with Crippen LogP contribution in [0.2, 0.25) is 0 Å². The van der Waals surface area contributed by atoms with Gasteiger partial charge >= 0.3 is 0 Å². The summed E-state index contributed by atoms with van der Waals surface area (Å²) in [7, 11) is 0. The summed E-state index contributed by atoms with van der Waals surface area (Å²) in [5, 5.41) is 7.34. The Kier molecular flexibility index (Phi) is 8.39. The normalized spacial score (nSPS) is 16.5. The molecular formula is C78H46N2O. The second kappa shape index (κ2) is 15.6. The summed E-state index contributed by atoms with van der Waals surface area (Å²) in [6.45, 7) is 0. The first-order valence-corrected chi connectivity index (χ1v) is 28.2. The number of para-hydroxylation sites is 4. The molecule has 2 aromatic heterocycles. The lowest BCUT2D eigenvalue weighted by atomic mass is 9.65. The van der Waals surface area contributed by atoms with Crippen LogP contribution in [0.1, 0.15) is 44.5 Å². The number of anilines is 3. The molecular weight excluding hydrogens is 981 g/mol. The number of benzene rings is 13. The van der Waals surface area contributed by atoms with Gasteiger partial charge in [-0.3, -0.25) is 0 Å². The molecule has 2 atom stereocenters. The topological polar surface area (TPSA) is 21.3 Å². The SMILES string of the molecule is c1ccc2c(c1)-c1ccc(N(c3ccc(-c4ccc5oc6ccccc6c5c4)cc3)c3cccc4c3-c3ccccc3C43c4ccccc4-n4c5ccccc5c5cccc3c54)cc1C21c2ccccc2-c2c1ccc1ccccc21. The van der Waals surface area contributed by atoms with Crippen molar-refractivity contribution in [2.75, 3.05) is 4.90 Å². The lowest BCUT2D eigenvalue weighted by Crippen LogP contribution is -2.33. The van der Waals surface area contributed by atoms with Crippen molar-refractivity contribution in [3.8, 4) is 50.2 Å². The number of rotatable bonds is 4. The highest BCUT2D eigenvalue weighted by Gasteiger charge is 2.54. The highest BCUT2D eigenvalue weighted by Crippen LogP contribution is 2.66. The molecule has 0 bridgehead atoms. The van der Waals surface area contributed by atoms with Gasteiger partial charge in [-0.1, -0.05) is 218 Å². The van der Waals surface area contributed by atoms with Gasteiger partial charge in [0.1, 0.15) is 11.2 Å². The Morgan fingerprint density at radius 1 is 0.309 bits per heavy atom. The van der Waals surface area contributed by atoms with E-state index in [-0.39, 0.29) is 0 Å². The fraction of sp³-hybridized carbons (Fsp3) is 0.0256. The van der Waals surface area contributed by atoms with Crippen molar-refractivity contribution in [2.45, 2.75) is 10.8 Å². The van der Waals surface area contributed by atoms with Crippen LogP contribution in [0.3, 0.4) is 0 Å². The van der Waals surface area contributed by atoms with Gasteiger partial charge in [-0.25, -0.2) is 0 Å². The monoisotopic (exact) mass is 1030 g/mol. The predicted molar refractivity (Wildman–Crippen MR) is 333 cm³/mol. The van der Waals surface area contributed by atoms with E-state index in [0.717, 1.165) is 50.1 Å². The maximum atomic E-state index is 6.30. The van der Waals surface area contributed by atoms with E-state index < -0.39 is 10.8 Å². The van der Waals surface area contributed by atoms with E-state index in [4.69, 9.17) is 4.42 Å². The quantitative estimate of drug-likeness (QED) is 0.175. The Hall–Kier alpha value is -10.5. The van der Waals surface area contributed by atoms with Crippen molar-refractivity contribution < 1.29 is 4.42 Å². The number of nitrogens with zero attached hydrogens (tertiary/aromatic N) is 2. The van der Waals surface area contributed by atoms with Gasteiger partial charge in [0.25, 0.3) is 0 Å². The van der Waals surface area contributed by atoms with Crippen molar-refractivity contribution >= 4 is 71.6 Å². The molecule has 374 valence electrons. The molecule has 0 amide bonds. The second-order valence-corrected chi connectivity index (χ2v) is 22.5. The fourth-order valence-electron chi connectivity index (χ4n) is 15.9. The Morgan fingerprint density at radius 3 is 1.72 bits per heavy atom. The van der Waals surface area contributed by atoms with Crippen LogP contribution in [-0.4, -0.2) is 4.57 Å². The molecule has 0 saturated heterocycles. The Balaban J connectivity index is 0.887. The average molecular weight is 1030 g/mol.